The summed E-state index contributed by atoms with van der Waals surface area (Å²) in [4.78, 5) is 15.9. The Bertz CT molecular complexity index is 418. The van der Waals surface area contributed by atoms with Crippen molar-refractivity contribution >= 4 is 7.82 Å². The van der Waals surface area contributed by atoms with Gasteiger partial charge in [0.05, 0.1) is 34.4 Å². The third-order valence-electron chi connectivity index (χ3n) is 4.53. The molecule has 0 spiro atoms. The second-order valence-corrected chi connectivity index (χ2v) is 9.99. The van der Waals surface area contributed by atoms with Crippen molar-refractivity contribution in [1.82, 2.24) is 0 Å². The van der Waals surface area contributed by atoms with Gasteiger partial charge in [0.15, 0.2) is 0 Å². The van der Waals surface area contributed by atoms with Crippen molar-refractivity contribution in [1.29, 1.82) is 0 Å². The van der Waals surface area contributed by atoms with E-state index >= 15 is 0 Å². The zero-order valence-corrected chi connectivity index (χ0v) is 19.9. The lowest BCUT2D eigenvalue weighted by molar-refractivity contribution is -0.870. The SMILES string of the molecule is CCCCCCCCCCCCOC[C@H](COP(=O)([O-])OCC[N+](C)(C)C)OO. The predicted molar refractivity (Wildman–Crippen MR) is 113 cm³/mol. The van der Waals surface area contributed by atoms with Gasteiger partial charge in [-0.05, 0) is 6.42 Å². The van der Waals surface area contributed by atoms with Crippen molar-refractivity contribution in [2.24, 2.45) is 0 Å². The standard InChI is InChI=1S/C20H44NO7P/c1-5-6-7-8-9-10-11-12-13-14-16-25-18-20(28-22)19-27-29(23,24)26-17-15-21(2,3)4/h20H,5-19H2,1-4H3,(H-,22,23,24)/t20-/m1/s1. The lowest BCUT2D eigenvalue weighted by atomic mass is 10.1. The molecule has 176 valence electrons. The molecule has 2 atom stereocenters. The number of hydrogen-bond acceptors (Lipinski definition) is 7. The van der Waals surface area contributed by atoms with Gasteiger partial charge < -0.3 is 23.2 Å². The smallest absolute Gasteiger partial charge is 0.268 e. The summed E-state index contributed by atoms with van der Waals surface area (Å²) in [5.41, 5.74) is 0. The van der Waals surface area contributed by atoms with E-state index in [-0.39, 0.29) is 19.8 Å². The summed E-state index contributed by atoms with van der Waals surface area (Å²) in [6.07, 6.45) is 11.6. The van der Waals surface area contributed by atoms with Crippen molar-refractivity contribution in [2.75, 3.05) is 54.1 Å². The molecule has 0 saturated heterocycles. The summed E-state index contributed by atoms with van der Waals surface area (Å²) in [5, 5.41) is 8.89. The minimum Gasteiger partial charge on any atom is -0.756 e. The van der Waals surface area contributed by atoms with E-state index in [0.717, 1.165) is 12.8 Å². The second kappa shape index (κ2) is 17.6. The number of quaternary nitrogens is 1. The maximum atomic E-state index is 11.7. The minimum atomic E-state index is -4.42. The van der Waals surface area contributed by atoms with Gasteiger partial charge in [-0.1, -0.05) is 64.7 Å². The number of nitrogens with zero attached hydrogens (tertiary/aromatic N) is 1. The predicted octanol–water partition coefficient (Wildman–Crippen LogP) is 3.99. The number of phosphoric acid groups is 1. The van der Waals surface area contributed by atoms with Gasteiger partial charge in [-0.3, -0.25) is 9.82 Å². The Hall–Kier alpha value is -0.0500. The molecular weight excluding hydrogens is 397 g/mol. The second-order valence-electron chi connectivity index (χ2n) is 8.57. The third-order valence-corrected chi connectivity index (χ3v) is 5.49. The summed E-state index contributed by atoms with van der Waals surface area (Å²) in [5.74, 6) is 0. The van der Waals surface area contributed by atoms with Gasteiger partial charge in [0.25, 0.3) is 7.82 Å². The van der Waals surface area contributed by atoms with Gasteiger partial charge >= 0.3 is 0 Å². The van der Waals surface area contributed by atoms with Gasteiger partial charge in [0, 0.05) is 6.61 Å². The Morgan fingerprint density at radius 2 is 1.41 bits per heavy atom. The van der Waals surface area contributed by atoms with Crippen LogP contribution in [0.4, 0.5) is 0 Å². The quantitative estimate of drug-likeness (QED) is 0.0945. The van der Waals surface area contributed by atoms with Crippen molar-refractivity contribution in [3.05, 3.63) is 0 Å². The molecule has 0 heterocycles. The molecule has 1 unspecified atom stereocenters. The summed E-state index contributed by atoms with van der Waals surface area (Å²) in [7, 11) is 1.37. The van der Waals surface area contributed by atoms with Crippen molar-refractivity contribution < 1.29 is 37.9 Å². The van der Waals surface area contributed by atoms with Crippen LogP contribution in [-0.2, 0) is 23.2 Å². The van der Waals surface area contributed by atoms with Crippen LogP contribution in [0.2, 0.25) is 0 Å². The molecule has 0 saturated carbocycles. The summed E-state index contributed by atoms with van der Waals surface area (Å²) in [6.45, 7) is 3.05. The molecule has 0 aromatic rings. The molecule has 0 rings (SSSR count). The number of likely N-dealkylation sites (N-methyl/N-ethyl adjacent to an activating group) is 1. The average molecular weight is 442 g/mol. The van der Waals surface area contributed by atoms with Crippen molar-refractivity contribution in [3.63, 3.8) is 0 Å². The molecule has 0 amide bonds. The van der Waals surface area contributed by atoms with Crippen LogP contribution in [0.1, 0.15) is 71.1 Å². The van der Waals surface area contributed by atoms with Crippen molar-refractivity contribution in [2.45, 2.75) is 77.2 Å². The Labute approximate surface area is 177 Å². The number of ether oxygens (including phenoxy) is 1. The molecule has 0 aromatic heterocycles. The van der Waals surface area contributed by atoms with E-state index in [4.69, 9.17) is 19.0 Å². The highest BCUT2D eigenvalue weighted by Gasteiger charge is 2.17. The van der Waals surface area contributed by atoms with Crippen LogP contribution in [-0.4, -0.2) is 70.0 Å². The highest BCUT2D eigenvalue weighted by molar-refractivity contribution is 7.45. The molecule has 0 radical (unpaired) electrons. The molecule has 0 aliphatic heterocycles. The van der Waals surface area contributed by atoms with Gasteiger partial charge in [0.2, 0.25) is 0 Å². The Morgan fingerprint density at radius 3 is 1.93 bits per heavy atom. The molecule has 0 fully saturated rings. The average Bonchev–Trinajstić information content (AvgIpc) is 2.63. The van der Waals surface area contributed by atoms with Crippen LogP contribution >= 0.6 is 7.82 Å². The number of unbranched alkanes of at least 4 members (excludes halogenated alkanes) is 9. The van der Waals surface area contributed by atoms with Gasteiger partial charge in [-0.25, -0.2) is 4.89 Å². The molecule has 1 N–H and O–H groups in total. The van der Waals surface area contributed by atoms with E-state index in [2.05, 4.69) is 11.8 Å². The van der Waals surface area contributed by atoms with E-state index in [1.807, 2.05) is 21.1 Å². The molecule has 29 heavy (non-hydrogen) atoms. The molecule has 0 bridgehead atoms. The number of hydrogen-bond donors (Lipinski definition) is 1. The van der Waals surface area contributed by atoms with Gasteiger partial charge in [0.1, 0.15) is 19.3 Å². The molecule has 0 aliphatic rings. The molecule has 8 nitrogen and oxygen atoms in total. The Morgan fingerprint density at radius 1 is 0.862 bits per heavy atom. The zero-order chi connectivity index (χ0) is 22.0. The fourth-order valence-electron chi connectivity index (χ4n) is 2.65. The topological polar surface area (TPSA) is 97.3 Å². The fourth-order valence-corrected chi connectivity index (χ4v) is 3.38. The van der Waals surface area contributed by atoms with Gasteiger partial charge in [-0.15, -0.1) is 0 Å². The first-order valence-corrected chi connectivity index (χ1v) is 12.4. The maximum absolute atomic E-state index is 11.7. The maximum Gasteiger partial charge on any atom is 0.268 e. The molecule has 0 aromatic carbocycles. The van der Waals surface area contributed by atoms with Crippen LogP contribution in [0.15, 0.2) is 0 Å². The van der Waals surface area contributed by atoms with Crippen LogP contribution in [0.5, 0.6) is 0 Å². The van der Waals surface area contributed by atoms with Crippen LogP contribution in [0.25, 0.3) is 0 Å². The summed E-state index contributed by atoms with van der Waals surface area (Å²) >= 11 is 0. The first-order chi connectivity index (χ1) is 13.7. The lowest BCUT2D eigenvalue weighted by Crippen LogP contribution is -2.37. The first kappa shape index (κ1) is 28.9. The normalized spacial score (nSPS) is 15.4. The monoisotopic (exact) mass is 441 g/mol. The van der Waals surface area contributed by atoms with E-state index in [1.165, 1.54) is 51.4 Å². The van der Waals surface area contributed by atoms with E-state index in [1.54, 1.807) is 0 Å². The van der Waals surface area contributed by atoms with Gasteiger partial charge in [-0.2, -0.15) is 0 Å². The summed E-state index contributed by atoms with van der Waals surface area (Å²) in [6, 6.07) is 0. The molecule has 0 aliphatic carbocycles. The van der Waals surface area contributed by atoms with Crippen LogP contribution in [0.3, 0.4) is 0 Å². The Balaban J connectivity index is 3.65. The van der Waals surface area contributed by atoms with Crippen LogP contribution in [0, 0.1) is 0 Å². The first-order valence-electron chi connectivity index (χ1n) is 11.0. The van der Waals surface area contributed by atoms with E-state index in [0.29, 0.717) is 17.6 Å². The van der Waals surface area contributed by atoms with E-state index < -0.39 is 13.9 Å². The number of phosphoric ester groups is 1. The fraction of sp³-hybridized carbons (Fsp3) is 1.00. The summed E-state index contributed by atoms with van der Waals surface area (Å²) < 4.78 is 27.3. The third kappa shape index (κ3) is 21.0. The minimum absolute atomic E-state index is 0.0319. The largest absolute Gasteiger partial charge is 0.756 e. The molecular formula is C20H44NO7P. The lowest BCUT2D eigenvalue weighted by Gasteiger charge is -2.27. The highest BCUT2D eigenvalue weighted by Crippen LogP contribution is 2.38. The highest BCUT2D eigenvalue weighted by atomic mass is 31.2. The molecule has 9 heteroatoms. The van der Waals surface area contributed by atoms with Crippen molar-refractivity contribution in [3.8, 4) is 0 Å². The zero-order valence-electron chi connectivity index (χ0n) is 19.0. The van der Waals surface area contributed by atoms with Crippen LogP contribution < -0.4 is 4.89 Å². The van der Waals surface area contributed by atoms with E-state index in [9.17, 15) is 9.46 Å². The number of rotatable bonds is 21. The Kier molecular flexibility index (Phi) is 17.6.